The van der Waals surface area contributed by atoms with Crippen LogP contribution in [0.2, 0.25) is 0 Å². The van der Waals surface area contributed by atoms with Crippen LogP contribution < -0.4 is 5.32 Å². The topological polar surface area (TPSA) is 97.6 Å². The first kappa shape index (κ1) is 18.4. The van der Waals surface area contributed by atoms with E-state index in [1.165, 1.54) is 23.5 Å². The molecule has 0 radical (unpaired) electrons. The van der Waals surface area contributed by atoms with Crippen LogP contribution in [0.1, 0.15) is 33.6 Å². The Morgan fingerprint density at radius 3 is 2.96 bits per heavy atom. The lowest BCUT2D eigenvalue weighted by Crippen LogP contribution is -2.42. The van der Waals surface area contributed by atoms with Crippen LogP contribution in [-0.2, 0) is 4.74 Å². The van der Waals surface area contributed by atoms with Crippen molar-refractivity contribution in [1.29, 1.82) is 0 Å². The van der Waals surface area contributed by atoms with E-state index in [-0.39, 0.29) is 17.8 Å². The zero-order valence-corrected chi connectivity index (χ0v) is 15.8. The summed E-state index contributed by atoms with van der Waals surface area (Å²) >= 11 is 1.44. The van der Waals surface area contributed by atoms with Gasteiger partial charge in [-0.2, -0.15) is 0 Å². The van der Waals surface area contributed by atoms with Gasteiger partial charge < -0.3 is 15.0 Å². The summed E-state index contributed by atoms with van der Waals surface area (Å²) in [5, 5.41) is 14.8. The highest BCUT2D eigenvalue weighted by atomic mass is 32.1. The average Bonchev–Trinajstić information content (AvgIpc) is 3.16. The third-order valence-corrected chi connectivity index (χ3v) is 5.07. The van der Waals surface area contributed by atoms with E-state index in [1.807, 2.05) is 20.8 Å². The van der Waals surface area contributed by atoms with Gasteiger partial charge in [-0.15, -0.1) is 0 Å². The van der Waals surface area contributed by atoms with E-state index in [9.17, 15) is 14.9 Å². The molecule has 1 aromatic heterocycles. The van der Waals surface area contributed by atoms with Crippen molar-refractivity contribution in [1.82, 2.24) is 9.88 Å². The number of rotatable bonds is 4. The molecule has 1 fully saturated rings. The molecule has 3 rings (SSSR count). The zero-order valence-electron chi connectivity index (χ0n) is 15.0. The maximum Gasteiger partial charge on any atom is 0.410 e. The van der Waals surface area contributed by atoms with E-state index in [0.717, 1.165) is 17.5 Å². The van der Waals surface area contributed by atoms with Crippen LogP contribution in [0.5, 0.6) is 0 Å². The summed E-state index contributed by atoms with van der Waals surface area (Å²) in [6.45, 7) is 6.83. The van der Waals surface area contributed by atoms with Crippen molar-refractivity contribution in [2.45, 2.75) is 45.3 Å². The highest BCUT2D eigenvalue weighted by Crippen LogP contribution is 2.29. The Balaban J connectivity index is 1.65. The van der Waals surface area contributed by atoms with Crippen molar-refractivity contribution in [2.24, 2.45) is 0 Å². The monoisotopic (exact) mass is 378 g/mol. The molecule has 0 aliphatic carbocycles. The first-order valence-corrected chi connectivity index (χ1v) is 9.33. The van der Waals surface area contributed by atoms with Crippen LogP contribution in [-0.4, -0.2) is 45.6 Å². The lowest BCUT2D eigenvalue weighted by atomic mass is 10.2. The number of likely N-dealkylation sites (tertiary alicyclic amines) is 1. The molecule has 0 spiro atoms. The van der Waals surface area contributed by atoms with Crippen LogP contribution in [0, 0.1) is 10.1 Å². The highest BCUT2D eigenvalue weighted by Gasteiger charge is 2.32. The van der Waals surface area contributed by atoms with E-state index >= 15 is 0 Å². The maximum atomic E-state index is 12.3. The molecule has 1 N–H and O–H groups in total. The fourth-order valence-electron chi connectivity index (χ4n) is 2.92. The summed E-state index contributed by atoms with van der Waals surface area (Å²) in [5.41, 5.74) is 0.114. The van der Waals surface area contributed by atoms with Crippen molar-refractivity contribution < 1.29 is 14.5 Å². The number of aromatic nitrogens is 1. The Morgan fingerprint density at radius 1 is 1.50 bits per heavy atom. The van der Waals surface area contributed by atoms with Crippen LogP contribution in [0.25, 0.3) is 10.2 Å². The van der Waals surface area contributed by atoms with Crippen molar-refractivity contribution in [3.63, 3.8) is 0 Å². The molecule has 0 saturated carbocycles. The minimum absolute atomic E-state index is 0.0289. The van der Waals surface area contributed by atoms with E-state index in [2.05, 4.69) is 10.3 Å². The van der Waals surface area contributed by atoms with Gasteiger partial charge >= 0.3 is 6.09 Å². The van der Waals surface area contributed by atoms with Gasteiger partial charge in [-0.25, -0.2) is 9.78 Å². The molecule has 1 atom stereocenters. The predicted molar refractivity (Wildman–Crippen MR) is 101 cm³/mol. The lowest BCUT2D eigenvalue weighted by Gasteiger charge is -2.28. The first-order chi connectivity index (χ1) is 12.2. The van der Waals surface area contributed by atoms with Crippen LogP contribution in [0.4, 0.5) is 15.6 Å². The number of amides is 1. The van der Waals surface area contributed by atoms with Gasteiger partial charge in [0.2, 0.25) is 0 Å². The predicted octanol–water partition coefficient (Wildman–Crippen LogP) is 4.02. The standard InChI is InChI=1S/C17H22N4O4S/c1-17(2,3)25-16(22)20-8-4-5-12(20)10-18-15-19-13-9-11(21(23)24)6-7-14(13)26-15/h6-7,9,12H,4-5,8,10H2,1-3H3,(H,18,19)/t12-/m0/s1. The van der Waals surface area contributed by atoms with E-state index in [1.54, 1.807) is 11.0 Å². The third kappa shape index (κ3) is 4.21. The average molecular weight is 378 g/mol. The summed E-state index contributed by atoms with van der Waals surface area (Å²) < 4.78 is 6.35. The molecule has 140 valence electrons. The molecule has 2 aromatic rings. The van der Waals surface area contributed by atoms with Crippen LogP contribution >= 0.6 is 11.3 Å². The minimum atomic E-state index is -0.514. The molecule has 0 bridgehead atoms. The Hall–Kier alpha value is -2.42. The van der Waals surface area contributed by atoms with Gasteiger partial charge in [-0.3, -0.25) is 10.1 Å². The third-order valence-electron chi connectivity index (χ3n) is 4.08. The summed E-state index contributed by atoms with van der Waals surface area (Å²) in [6.07, 6.45) is 1.56. The van der Waals surface area contributed by atoms with Crippen LogP contribution in [0.3, 0.4) is 0 Å². The Labute approximate surface area is 155 Å². The van der Waals surface area contributed by atoms with Crippen molar-refractivity contribution in [3.05, 3.63) is 28.3 Å². The Kier molecular flexibility index (Phi) is 4.99. The van der Waals surface area contributed by atoms with Gasteiger partial charge in [0.05, 0.1) is 21.2 Å². The summed E-state index contributed by atoms with van der Waals surface area (Å²) in [7, 11) is 0. The van der Waals surface area contributed by atoms with Gasteiger partial charge in [0.25, 0.3) is 5.69 Å². The first-order valence-electron chi connectivity index (χ1n) is 8.51. The number of thiazole rings is 1. The molecule has 1 saturated heterocycles. The molecule has 1 amide bonds. The lowest BCUT2D eigenvalue weighted by molar-refractivity contribution is -0.384. The van der Waals surface area contributed by atoms with Crippen molar-refractivity contribution in [3.8, 4) is 0 Å². The van der Waals surface area contributed by atoms with Crippen molar-refractivity contribution >= 4 is 38.5 Å². The molecule has 8 nitrogen and oxygen atoms in total. The molecule has 1 aromatic carbocycles. The smallest absolute Gasteiger partial charge is 0.410 e. The van der Waals surface area contributed by atoms with Gasteiger partial charge in [0.1, 0.15) is 5.60 Å². The number of ether oxygens (including phenoxy) is 1. The second-order valence-corrected chi connectivity index (χ2v) is 8.31. The maximum absolute atomic E-state index is 12.3. The fraction of sp³-hybridized carbons (Fsp3) is 0.529. The molecule has 1 aliphatic heterocycles. The molecule has 2 heterocycles. The minimum Gasteiger partial charge on any atom is -0.444 e. The number of non-ortho nitro benzene ring substituents is 1. The Bertz CT molecular complexity index is 830. The number of benzene rings is 1. The SMILES string of the molecule is CC(C)(C)OC(=O)N1CCC[C@H]1CNc1nc2cc([N+](=O)[O-])ccc2s1. The number of fused-ring (bicyclic) bond motifs is 1. The molecule has 26 heavy (non-hydrogen) atoms. The highest BCUT2D eigenvalue weighted by molar-refractivity contribution is 7.22. The van der Waals surface area contributed by atoms with Gasteiger partial charge in [-0.05, 0) is 39.7 Å². The largest absolute Gasteiger partial charge is 0.444 e. The van der Waals surface area contributed by atoms with Crippen LogP contribution in [0.15, 0.2) is 18.2 Å². The quantitative estimate of drug-likeness (QED) is 0.637. The number of hydrogen-bond donors (Lipinski definition) is 1. The number of nitro groups is 1. The summed E-state index contributed by atoms with van der Waals surface area (Å²) in [5.74, 6) is 0. The number of hydrogen-bond acceptors (Lipinski definition) is 7. The van der Waals surface area contributed by atoms with E-state index in [0.29, 0.717) is 23.7 Å². The number of carbonyl (C=O) groups is 1. The Morgan fingerprint density at radius 2 is 2.27 bits per heavy atom. The van der Waals surface area contributed by atoms with Gasteiger partial charge in [0.15, 0.2) is 5.13 Å². The number of nitro benzene ring substituents is 1. The number of carbonyl (C=O) groups excluding carboxylic acids is 1. The number of nitrogens with zero attached hydrogens (tertiary/aromatic N) is 3. The zero-order chi connectivity index (χ0) is 18.9. The molecule has 1 aliphatic rings. The number of nitrogens with one attached hydrogen (secondary N) is 1. The van der Waals surface area contributed by atoms with E-state index < -0.39 is 10.5 Å². The second-order valence-electron chi connectivity index (χ2n) is 7.28. The summed E-state index contributed by atoms with van der Waals surface area (Å²) in [6, 6.07) is 4.70. The fourth-order valence-corrected chi connectivity index (χ4v) is 3.77. The van der Waals surface area contributed by atoms with Crippen molar-refractivity contribution in [2.75, 3.05) is 18.4 Å². The summed E-state index contributed by atoms with van der Waals surface area (Å²) in [4.78, 5) is 28.9. The van der Waals surface area contributed by atoms with Gasteiger partial charge in [0, 0.05) is 25.2 Å². The van der Waals surface area contributed by atoms with E-state index in [4.69, 9.17) is 4.74 Å². The normalized spacial score (nSPS) is 17.5. The molecular formula is C17H22N4O4S. The molecule has 9 heteroatoms. The molecule has 0 unspecified atom stereocenters. The molecular weight excluding hydrogens is 356 g/mol. The number of anilines is 1. The second kappa shape index (κ2) is 7.06. The van der Waals surface area contributed by atoms with Gasteiger partial charge in [-0.1, -0.05) is 11.3 Å².